The Morgan fingerprint density at radius 3 is 1.92 bits per heavy atom. The van der Waals surface area contributed by atoms with E-state index in [-0.39, 0.29) is 25.7 Å². The van der Waals surface area contributed by atoms with Crippen molar-refractivity contribution < 1.29 is 33.2 Å². The van der Waals surface area contributed by atoms with E-state index in [1.165, 1.54) is 89.9 Å². The van der Waals surface area contributed by atoms with E-state index >= 15 is 0 Å². The van der Waals surface area contributed by atoms with Crippen LogP contribution in [0.2, 0.25) is 0 Å². The van der Waals surface area contributed by atoms with Gasteiger partial charge in [-0.3, -0.25) is 4.79 Å². The number of hydrogen-bond donors (Lipinski definition) is 1. The largest absolute Gasteiger partial charge is 0.446 e. The fourth-order valence-corrected chi connectivity index (χ4v) is 6.16. The molecule has 2 rings (SSSR count). The summed E-state index contributed by atoms with van der Waals surface area (Å²) in [6.07, 6.45) is 23.0. The highest BCUT2D eigenvalue weighted by Gasteiger charge is 2.40. The maximum absolute atomic E-state index is 13.4. The molecule has 1 aromatic heterocycles. The standard InChI is InChI=1S/C39H67N3O6/c1-6-8-9-10-11-12-13-14-15-16-17-18-19-20-21-23-28-40-36(44)46-32-39(27-25-30-48-39)33-47-37(45)42(35(43)38(3,4)5)31-34-26-22-24-29-41(34)7-2/h22,24,26,29H,6-21,23,25,27-28,30-33H2,1-5H3/p+1. The van der Waals surface area contributed by atoms with Gasteiger partial charge in [-0.1, -0.05) is 130 Å². The number of alkyl carbamates (subject to hydrolysis) is 1. The smallest absolute Gasteiger partial charge is 0.417 e. The average Bonchev–Trinajstić information content (AvgIpc) is 3.55. The van der Waals surface area contributed by atoms with Gasteiger partial charge in [0.1, 0.15) is 31.9 Å². The Bertz CT molecular complexity index is 1050. The molecule has 48 heavy (non-hydrogen) atoms. The molecule has 0 radical (unpaired) electrons. The summed E-state index contributed by atoms with van der Waals surface area (Å²) in [4.78, 5) is 40.3. The van der Waals surface area contributed by atoms with Crippen molar-refractivity contribution in [1.82, 2.24) is 10.2 Å². The molecule has 0 saturated carbocycles. The van der Waals surface area contributed by atoms with Crippen LogP contribution in [0.5, 0.6) is 0 Å². The number of amides is 3. The van der Waals surface area contributed by atoms with Crippen LogP contribution >= 0.6 is 0 Å². The third-order valence-corrected chi connectivity index (χ3v) is 9.21. The summed E-state index contributed by atoms with van der Waals surface area (Å²) in [7, 11) is 0. The van der Waals surface area contributed by atoms with Gasteiger partial charge in [0, 0.05) is 30.7 Å². The fraction of sp³-hybridized carbons (Fsp3) is 0.795. The lowest BCUT2D eigenvalue weighted by molar-refractivity contribution is -0.701. The summed E-state index contributed by atoms with van der Waals surface area (Å²) in [6.45, 7) is 11.4. The molecule has 9 nitrogen and oxygen atoms in total. The average molecular weight is 675 g/mol. The van der Waals surface area contributed by atoms with Crippen molar-refractivity contribution in [2.24, 2.45) is 5.41 Å². The first kappa shape index (κ1) is 41.5. The summed E-state index contributed by atoms with van der Waals surface area (Å²) in [5.41, 5.74) is -0.876. The number of pyridine rings is 1. The number of unbranched alkanes of at least 4 members (excludes halogenated alkanes) is 15. The Morgan fingerprint density at radius 1 is 0.833 bits per heavy atom. The monoisotopic (exact) mass is 675 g/mol. The Morgan fingerprint density at radius 2 is 1.40 bits per heavy atom. The van der Waals surface area contributed by atoms with Gasteiger partial charge in [-0.25, -0.2) is 19.1 Å². The molecule has 1 N–H and O–H groups in total. The number of aromatic nitrogens is 1. The summed E-state index contributed by atoms with van der Waals surface area (Å²) in [6, 6.07) is 5.70. The van der Waals surface area contributed by atoms with Crippen molar-refractivity contribution in [3.05, 3.63) is 30.1 Å². The van der Waals surface area contributed by atoms with Crippen LogP contribution in [0.3, 0.4) is 0 Å². The Balaban J connectivity index is 1.64. The van der Waals surface area contributed by atoms with Gasteiger partial charge in [0.15, 0.2) is 6.20 Å². The molecule has 1 aliphatic heterocycles. The molecule has 0 bridgehead atoms. The van der Waals surface area contributed by atoms with Crippen LogP contribution in [0.4, 0.5) is 9.59 Å². The Hall–Kier alpha value is -2.68. The molecule has 3 amide bonds. The van der Waals surface area contributed by atoms with E-state index in [0.717, 1.165) is 29.9 Å². The molecular weight excluding hydrogens is 606 g/mol. The number of ether oxygens (including phenoxy) is 3. The van der Waals surface area contributed by atoms with Crippen molar-refractivity contribution in [2.45, 2.75) is 169 Å². The van der Waals surface area contributed by atoms with E-state index in [4.69, 9.17) is 14.2 Å². The Labute approximate surface area is 291 Å². The quantitative estimate of drug-likeness (QED) is 0.0868. The first-order chi connectivity index (χ1) is 23.1. The zero-order valence-corrected chi connectivity index (χ0v) is 31.1. The van der Waals surface area contributed by atoms with E-state index in [1.54, 1.807) is 20.8 Å². The minimum Gasteiger partial charge on any atom is -0.446 e. The van der Waals surface area contributed by atoms with Crippen molar-refractivity contribution in [3.63, 3.8) is 0 Å². The highest BCUT2D eigenvalue weighted by atomic mass is 16.6. The zero-order chi connectivity index (χ0) is 35.1. The number of rotatable bonds is 24. The second-order valence-electron chi connectivity index (χ2n) is 14.6. The summed E-state index contributed by atoms with van der Waals surface area (Å²) >= 11 is 0. The number of hydrogen-bond acceptors (Lipinski definition) is 6. The minimum atomic E-state index is -0.923. The van der Waals surface area contributed by atoms with Crippen molar-refractivity contribution in [1.29, 1.82) is 0 Å². The Kier molecular flexibility index (Phi) is 20.4. The molecule has 1 unspecified atom stereocenters. The number of imide groups is 1. The normalized spacial score (nSPS) is 16.1. The molecule has 1 aliphatic rings. The summed E-state index contributed by atoms with van der Waals surface area (Å²) < 4.78 is 19.2. The fourth-order valence-electron chi connectivity index (χ4n) is 6.16. The van der Waals surface area contributed by atoms with Crippen LogP contribution in [-0.2, 0) is 32.1 Å². The molecule has 1 atom stereocenters. The van der Waals surface area contributed by atoms with Crippen LogP contribution in [0, 0.1) is 5.41 Å². The topological polar surface area (TPSA) is 98.0 Å². The van der Waals surface area contributed by atoms with Gasteiger partial charge in [0.05, 0.1) is 0 Å². The van der Waals surface area contributed by atoms with Crippen LogP contribution in [0.25, 0.3) is 0 Å². The lowest BCUT2D eigenvalue weighted by Gasteiger charge is -2.30. The van der Waals surface area contributed by atoms with Gasteiger partial charge in [-0.15, -0.1) is 0 Å². The third kappa shape index (κ3) is 16.6. The van der Waals surface area contributed by atoms with Gasteiger partial charge in [0.2, 0.25) is 11.6 Å². The van der Waals surface area contributed by atoms with Crippen LogP contribution in [0.15, 0.2) is 24.4 Å². The summed E-state index contributed by atoms with van der Waals surface area (Å²) in [5.74, 6) is -0.329. The highest BCUT2D eigenvalue weighted by Crippen LogP contribution is 2.28. The number of carbonyl (C=O) groups is 3. The van der Waals surface area contributed by atoms with Crippen molar-refractivity contribution in [2.75, 3.05) is 26.4 Å². The number of nitrogens with one attached hydrogen (secondary N) is 1. The van der Waals surface area contributed by atoms with Crippen molar-refractivity contribution in [3.8, 4) is 0 Å². The van der Waals surface area contributed by atoms with E-state index in [9.17, 15) is 14.4 Å². The van der Waals surface area contributed by atoms with Gasteiger partial charge < -0.3 is 19.5 Å². The van der Waals surface area contributed by atoms with Gasteiger partial charge in [-0.2, -0.15) is 0 Å². The highest BCUT2D eigenvalue weighted by molar-refractivity contribution is 5.94. The number of aryl methyl sites for hydroxylation is 1. The number of nitrogens with zero attached hydrogens (tertiary/aromatic N) is 2. The van der Waals surface area contributed by atoms with Gasteiger partial charge in [-0.05, 0) is 26.2 Å². The molecule has 1 fully saturated rings. The lowest BCUT2D eigenvalue weighted by Crippen LogP contribution is -2.49. The molecular formula is C39H68N3O6+. The molecule has 0 spiro atoms. The van der Waals surface area contributed by atoms with Crippen LogP contribution in [-0.4, -0.2) is 55.0 Å². The zero-order valence-electron chi connectivity index (χ0n) is 31.1. The maximum Gasteiger partial charge on any atom is 0.417 e. The maximum atomic E-state index is 13.4. The first-order valence-corrected chi connectivity index (χ1v) is 19.1. The predicted octanol–water partition coefficient (Wildman–Crippen LogP) is 9.04. The second kappa shape index (κ2) is 23.6. The molecule has 1 saturated heterocycles. The predicted molar refractivity (Wildman–Crippen MR) is 190 cm³/mol. The van der Waals surface area contributed by atoms with E-state index in [0.29, 0.717) is 26.1 Å². The summed E-state index contributed by atoms with van der Waals surface area (Å²) in [5, 5.41) is 2.85. The number of carbonyl (C=O) groups excluding carboxylic acids is 3. The van der Waals surface area contributed by atoms with Crippen LogP contribution < -0.4 is 9.88 Å². The second-order valence-corrected chi connectivity index (χ2v) is 14.6. The molecule has 2 heterocycles. The first-order valence-electron chi connectivity index (χ1n) is 19.1. The molecule has 9 heteroatoms. The molecule has 0 aromatic carbocycles. The molecule has 0 aliphatic carbocycles. The molecule has 274 valence electrons. The van der Waals surface area contributed by atoms with E-state index < -0.39 is 23.2 Å². The lowest BCUT2D eigenvalue weighted by atomic mass is 9.95. The van der Waals surface area contributed by atoms with E-state index in [1.807, 2.05) is 35.9 Å². The SMILES string of the molecule is CCCCCCCCCCCCCCCCCCNC(=O)OCC1(COC(=O)N(Cc2cccc[n+]2CC)C(=O)C(C)(C)C)CCCO1. The van der Waals surface area contributed by atoms with Crippen molar-refractivity contribution >= 4 is 18.1 Å². The van der Waals surface area contributed by atoms with Gasteiger partial charge in [0.25, 0.3) is 0 Å². The van der Waals surface area contributed by atoms with Crippen LogP contribution in [0.1, 0.15) is 156 Å². The molecule has 1 aromatic rings. The van der Waals surface area contributed by atoms with E-state index in [2.05, 4.69) is 12.2 Å². The third-order valence-electron chi connectivity index (χ3n) is 9.21. The minimum absolute atomic E-state index is 0.0210. The van der Waals surface area contributed by atoms with Gasteiger partial charge >= 0.3 is 12.2 Å².